The molecule has 3 aliphatic rings. The number of carbonyl (C=O) groups is 6. The van der Waals surface area contributed by atoms with Crippen molar-refractivity contribution in [3.05, 3.63) is 47.0 Å². The fraction of sp³-hybridized carbons (Fsp3) is 0.400. The Kier molecular flexibility index (Phi) is 6.70. The van der Waals surface area contributed by atoms with Crippen molar-refractivity contribution in [2.75, 3.05) is 21.2 Å². The quantitative estimate of drug-likeness (QED) is 0.347. The van der Waals surface area contributed by atoms with E-state index in [0.29, 0.717) is 28.0 Å². The van der Waals surface area contributed by atoms with E-state index in [4.69, 9.17) is 10.5 Å². The number of benzene rings is 2. The summed E-state index contributed by atoms with van der Waals surface area (Å²) in [5, 5.41) is 22.5. The van der Waals surface area contributed by atoms with Gasteiger partial charge in [-0.3, -0.25) is 33.7 Å². The predicted octanol–water partition coefficient (Wildman–Crippen LogP) is 0.745. The Hall–Kier alpha value is -4.22. The first-order chi connectivity index (χ1) is 19.2. The molecule has 2 unspecified atom stereocenters. The highest BCUT2D eigenvalue weighted by Crippen LogP contribution is 2.52. The van der Waals surface area contributed by atoms with Crippen molar-refractivity contribution >= 4 is 34.8 Å². The Morgan fingerprint density at radius 2 is 1.73 bits per heavy atom. The molecule has 6 atom stereocenters. The first kappa shape index (κ1) is 28.3. The van der Waals surface area contributed by atoms with Crippen molar-refractivity contribution in [1.29, 1.82) is 0 Å². The topological polar surface area (TPSA) is 181 Å². The molecule has 0 heterocycles. The van der Waals surface area contributed by atoms with Gasteiger partial charge in [0.15, 0.2) is 40.4 Å². The third-order valence-electron chi connectivity index (χ3n) is 8.84. The molecule has 0 bridgehead atoms. The van der Waals surface area contributed by atoms with Crippen LogP contribution >= 0.6 is 0 Å². The third kappa shape index (κ3) is 3.94. The highest BCUT2D eigenvalue weighted by Gasteiger charge is 2.69. The van der Waals surface area contributed by atoms with E-state index in [1.54, 1.807) is 24.3 Å². The second-order valence-corrected chi connectivity index (χ2v) is 11.2. The number of amides is 1. The zero-order valence-corrected chi connectivity index (χ0v) is 23.0. The molecule has 0 aromatic heterocycles. The van der Waals surface area contributed by atoms with Crippen molar-refractivity contribution < 1.29 is 43.7 Å². The van der Waals surface area contributed by atoms with Crippen LogP contribution in [0.15, 0.2) is 30.3 Å². The lowest BCUT2D eigenvalue weighted by Crippen LogP contribution is -2.74. The fourth-order valence-corrected chi connectivity index (χ4v) is 6.99. The predicted molar refractivity (Wildman–Crippen MR) is 143 cm³/mol. The summed E-state index contributed by atoms with van der Waals surface area (Å²) in [7, 11) is 4.51. The number of aliphatic hydroxyl groups is 1. The number of nitrogens with two attached hydrogens (primary N) is 1. The van der Waals surface area contributed by atoms with Crippen molar-refractivity contribution in [2.24, 2.45) is 29.4 Å². The van der Waals surface area contributed by atoms with Crippen LogP contribution in [0, 0.1) is 23.7 Å². The van der Waals surface area contributed by atoms with Gasteiger partial charge in [-0.2, -0.15) is 0 Å². The molecule has 0 spiro atoms. The second kappa shape index (κ2) is 9.71. The highest BCUT2D eigenvalue weighted by molar-refractivity contribution is 6.32. The van der Waals surface area contributed by atoms with Crippen LogP contribution in [0.4, 0.5) is 0 Å². The number of Topliss-reactive ketones (excluding diaryl/α,β-unsaturated/α-hetero) is 5. The van der Waals surface area contributed by atoms with Crippen LogP contribution in [0.5, 0.6) is 11.5 Å². The molecule has 2 aromatic carbocycles. The average molecular weight is 563 g/mol. The SMILES string of the molecule is COc1ccc(C(C)=O)cc1-c1ccc(O)c2c1C[C@H]1C[C@H]3[C@H](N(C)C)C(=O)C(C(N)=O)C(=O)[C@@]3(O)C(=O)C1C2=O. The van der Waals surface area contributed by atoms with Crippen LogP contribution in [0.25, 0.3) is 11.1 Å². The third-order valence-corrected chi connectivity index (χ3v) is 8.84. The summed E-state index contributed by atoms with van der Waals surface area (Å²) < 4.78 is 5.52. The Bertz CT molecular complexity index is 1560. The van der Waals surface area contributed by atoms with Crippen LogP contribution in [-0.4, -0.2) is 82.8 Å². The Labute approximate surface area is 235 Å². The van der Waals surface area contributed by atoms with Gasteiger partial charge in [-0.1, -0.05) is 6.07 Å². The molecule has 1 amide bonds. The molecule has 11 nitrogen and oxygen atoms in total. The first-order valence-electron chi connectivity index (χ1n) is 13.1. The molecule has 41 heavy (non-hydrogen) atoms. The minimum Gasteiger partial charge on any atom is -0.507 e. The van der Waals surface area contributed by atoms with E-state index in [9.17, 15) is 39.0 Å². The molecule has 11 heteroatoms. The number of phenolic OH excluding ortho intramolecular Hbond substituents is 1. The van der Waals surface area contributed by atoms with Crippen LogP contribution in [0.3, 0.4) is 0 Å². The fourth-order valence-electron chi connectivity index (χ4n) is 6.99. The summed E-state index contributed by atoms with van der Waals surface area (Å²) in [4.78, 5) is 80.3. The lowest BCUT2D eigenvalue weighted by Gasteiger charge is -2.52. The van der Waals surface area contributed by atoms with E-state index in [-0.39, 0.29) is 29.9 Å². The second-order valence-electron chi connectivity index (χ2n) is 11.2. The number of ketones is 5. The zero-order chi connectivity index (χ0) is 30.1. The molecular formula is C30H30N2O9. The van der Waals surface area contributed by atoms with Gasteiger partial charge in [-0.15, -0.1) is 0 Å². The van der Waals surface area contributed by atoms with Gasteiger partial charge in [-0.25, -0.2) is 0 Å². The lowest BCUT2D eigenvalue weighted by molar-refractivity contribution is -0.181. The maximum atomic E-state index is 14.0. The Morgan fingerprint density at radius 3 is 2.32 bits per heavy atom. The molecule has 0 saturated heterocycles. The van der Waals surface area contributed by atoms with Crippen molar-refractivity contribution in [1.82, 2.24) is 4.90 Å². The summed E-state index contributed by atoms with van der Waals surface area (Å²) >= 11 is 0. The minimum absolute atomic E-state index is 0.0659. The number of ether oxygens (including phenoxy) is 1. The summed E-state index contributed by atoms with van der Waals surface area (Å²) in [5.74, 6) is -10.9. The number of hydrogen-bond acceptors (Lipinski definition) is 10. The average Bonchev–Trinajstić information content (AvgIpc) is 2.90. The summed E-state index contributed by atoms with van der Waals surface area (Å²) in [6.45, 7) is 1.41. The van der Waals surface area contributed by atoms with Gasteiger partial charge in [0.05, 0.1) is 24.6 Å². The minimum atomic E-state index is -2.79. The largest absolute Gasteiger partial charge is 0.507 e. The monoisotopic (exact) mass is 562 g/mol. The molecular weight excluding hydrogens is 532 g/mol. The van der Waals surface area contributed by atoms with E-state index in [1.165, 1.54) is 39.1 Å². The van der Waals surface area contributed by atoms with Gasteiger partial charge in [0.2, 0.25) is 5.91 Å². The van der Waals surface area contributed by atoms with Crippen LogP contribution in [0.1, 0.15) is 39.6 Å². The molecule has 2 saturated carbocycles. The number of rotatable bonds is 5. The standard InChI is InChI=1S/C30H30N2O9/c1-12(33)13-5-8-20(41-4)16(9-13)15-6-7-19(34)22-17(15)10-14-11-18-24(32(2)3)26(36)23(29(31)39)28(38)30(18,40)27(37)21(14)25(22)35/h5-9,14,18,21,23-24,34,40H,10-11H2,1-4H3,(H2,31,39)/t14-,18-,21?,23?,24-,30-/m0/s1. The summed E-state index contributed by atoms with van der Waals surface area (Å²) in [5.41, 5.74) is 4.25. The van der Waals surface area contributed by atoms with E-state index in [0.717, 1.165) is 0 Å². The number of primary amides is 1. The molecule has 214 valence electrons. The van der Waals surface area contributed by atoms with Gasteiger partial charge in [-0.05, 0) is 75.2 Å². The van der Waals surface area contributed by atoms with Crippen LogP contribution < -0.4 is 10.5 Å². The van der Waals surface area contributed by atoms with E-state index in [2.05, 4.69) is 0 Å². The van der Waals surface area contributed by atoms with Gasteiger partial charge >= 0.3 is 0 Å². The lowest BCUT2D eigenvalue weighted by atomic mass is 9.52. The maximum absolute atomic E-state index is 14.0. The van der Waals surface area contributed by atoms with Gasteiger partial charge in [0, 0.05) is 17.0 Å². The molecule has 2 fully saturated rings. The van der Waals surface area contributed by atoms with Crippen molar-refractivity contribution in [2.45, 2.75) is 31.4 Å². The number of nitrogens with zero attached hydrogens (tertiary/aromatic N) is 1. The van der Waals surface area contributed by atoms with Crippen LogP contribution in [0.2, 0.25) is 0 Å². The highest BCUT2D eigenvalue weighted by atomic mass is 16.5. The van der Waals surface area contributed by atoms with Crippen molar-refractivity contribution in [3.8, 4) is 22.6 Å². The molecule has 0 aliphatic heterocycles. The number of likely N-dealkylation sites (N-methyl/N-ethyl adjacent to an activating group) is 1. The Balaban J connectivity index is 1.68. The first-order valence-corrected chi connectivity index (χ1v) is 13.1. The smallest absolute Gasteiger partial charge is 0.235 e. The number of aromatic hydroxyl groups is 1. The molecule has 4 N–H and O–H groups in total. The number of phenols is 1. The van der Waals surface area contributed by atoms with Gasteiger partial charge in [0.25, 0.3) is 0 Å². The number of methoxy groups -OCH3 is 1. The zero-order valence-electron chi connectivity index (χ0n) is 23.0. The normalized spacial score (nSPS) is 29.1. The summed E-state index contributed by atoms with van der Waals surface area (Å²) in [6.07, 6.45) is 0.0205. The molecule has 2 aromatic rings. The van der Waals surface area contributed by atoms with E-state index < -0.39 is 64.4 Å². The molecule has 0 radical (unpaired) electrons. The maximum Gasteiger partial charge on any atom is 0.235 e. The number of hydrogen-bond donors (Lipinski definition) is 3. The number of carbonyl (C=O) groups excluding carboxylic acids is 6. The summed E-state index contributed by atoms with van der Waals surface area (Å²) in [6, 6.07) is 6.56. The van der Waals surface area contributed by atoms with Crippen LogP contribution in [-0.2, 0) is 25.6 Å². The number of fused-ring (bicyclic) bond motifs is 3. The molecule has 5 rings (SSSR count). The Morgan fingerprint density at radius 1 is 1.05 bits per heavy atom. The van der Waals surface area contributed by atoms with E-state index in [1.807, 2.05) is 0 Å². The van der Waals surface area contributed by atoms with Crippen molar-refractivity contribution in [3.63, 3.8) is 0 Å². The van der Waals surface area contributed by atoms with Gasteiger partial charge in [0.1, 0.15) is 11.5 Å². The molecule has 3 aliphatic carbocycles. The van der Waals surface area contributed by atoms with Gasteiger partial charge < -0.3 is 20.7 Å². The van der Waals surface area contributed by atoms with E-state index >= 15 is 0 Å².